The first-order chi connectivity index (χ1) is 31.1. The minimum atomic E-state index is -1.63. The molecule has 2 aromatic rings. The molecule has 1 unspecified atom stereocenters. The summed E-state index contributed by atoms with van der Waals surface area (Å²) in [5, 5.41) is 20.5. The monoisotopic (exact) mass is 953 g/mol. The summed E-state index contributed by atoms with van der Waals surface area (Å²) < 4.78 is 29.5. The molecule has 0 aliphatic carbocycles. The van der Waals surface area contributed by atoms with Crippen molar-refractivity contribution in [2.45, 2.75) is 113 Å². The number of hydrogen-bond acceptors (Lipinski definition) is 14. The topological polar surface area (TPSA) is 219 Å². The third kappa shape index (κ3) is 10.6. The maximum atomic E-state index is 14.3. The van der Waals surface area contributed by atoms with Gasteiger partial charge in [0.25, 0.3) is 0 Å². The van der Waals surface area contributed by atoms with Crippen molar-refractivity contribution in [1.82, 2.24) is 4.90 Å². The summed E-state index contributed by atoms with van der Waals surface area (Å²) in [6.07, 6.45) is 1.16. The van der Waals surface area contributed by atoms with Crippen molar-refractivity contribution in [3.63, 3.8) is 0 Å². The zero-order valence-corrected chi connectivity index (χ0v) is 39.7. The van der Waals surface area contributed by atoms with E-state index >= 15 is 0 Å². The molecule has 2 aromatic carbocycles. The summed E-state index contributed by atoms with van der Waals surface area (Å²) in [5.41, 5.74) is -0.647. The van der Waals surface area contributed by atoms with Gasteiger partial charge >= 0.3 is 17.9 Å². The van der Waals surface area contributed by atoms with Gasteiger partial charge in [0.2, 0.25) is 23.6 Å². The molecular formula is C47H56ClN3O14S. The number of amides is 4. The van der Waals surface area contributed by atoms with Gasteiger partial charge in [-0.25, -0.2) is 14.5 Å². The van der Waals surface area contributed by atoms with Gasteiger partial charge < -0.3 is 43.7 Å². The number of fused-ring (bicyclic) bond motifs is 5. The van der Waals surface area contributed by atoms with E-state index in [4.69, 9.17) is 35.3 Å². The molecular weight excluding hydrogens is 898 g/mol. The Labute approximate surface area is 392 Å². The number of epoxide rings is 1. The number of rotatable bonds is 11. The average Bonchev–Trinajstić information content (AvgIpc) is 3.89. The number of carbonyl (C=O) groups is 7. The fourth-order valence-electron chi connectivity index (χ4n) is 8.69. The lowest BCUT2D eigenvalue weighted by atomic mass is 9.78. The van der Waals surface area contributed by atoms with E-state index in [1.807, 2.05) is 13.0 Å². The molecule has 4 amide bonds. The van der Waals surface area contributed by atoms with Gasteiger partial charge in [-0.15, -0.1) is 11.8 Å². The largest absolute Gasteiger partial charge is 0.495 e. The molecule has 19 heteroatoms. The van der Waals surface area contributed by atoms with Crippen LogP contribution in [0.1, 0.15) is 75.7 Å². The van der Waals surface area contributed by atoms with Gasteiger partial charge in [0.05, 0.1) is 48.2 Å². The molecule has 9 atom stereocenters. The van der Waals surface area contributed by atoms with Crippen molar-refractivity contribution in [3.05, 3.63) is 76.3 Å². The van der Waals surface area contributed by atoms with Crippen LogP contribution < -0.4 is 14.5 Å². The Kier molecular flexibility index (Phi) is 15.4. The number of methoxy groups -OCH3 is 2. The van der Waals surface area contributed by atoms with E-state index in [-0.39, 0.29) is 54.1 Å². The number of thioether (sulfide) groups is 1. The number of nitrogens with zero attached hydrogens (tertiary/aromatic N) is 3. The second-order valence-corrected chi connectivity index (χ2v) is 19.1. The number of halogens is 1. The number of anilines is 2. The Morgan fingerprint density at radius 2 is 1.77 bits per heavy atom. The number of allylic oxidation sites excluding steroid dienone is 3. The lowest BCUT2D eigenvalue weighted by molar-refractivity contribution is -0.187. The molecule has 4 bridgehead atoms. The predicted octanol–water partition coefficient (Wildman–Crippen LogP) is 4.92. The number of aromatic carboxylic acids is 1. The highest BCUT2D eigenvalue weighted by Gasteiger charge is 2.64. The van der Waals surface area contributed by atoms with Gasteiger partial charge in [-0.1, -0.05) is 42.3 Å². The van der Waals surface area contributed by atoms with E-state index in [0.717, 1.165) is 27.8 Å². The number of carboxylic acids is 1. The summed E-state index contributed by atoms with van der Waals surface area (Å²) in [7, 11) is 5.88. The quantitative estimate of drug-likeness (QED) is 0.174. The van der Waals surface area contributed by atoms with E-state index in [9.17, 15) is 43.8 Å². The van der Waals surface area contributed by atoms with Crippen molar-refractivity contribution in [3.8, 4) is 5.75 Å². The second-order valence-electron chi connectivity index (χ2n) is 17.5. The molecule has 0 spiro atoms. The molecule has 6 rings (SSSR count). The van der Waals surface area contributed by atoms with Crippen LogP contribution in [0.2, 0.25) is 5.02 Å². The number of hydrogen-bond donors (Lipinski definition) is 2. The van der Waals surface area contributed by atoms with Crippen molar-refractivity contribution < 1.29 is 67.5 Å². The van der Waals surface area contributed by atoms with Crippen molar-refractivity contribution in [1.29, 1.82) is 0 Å². The Morgan fingerprint density at radius 1 is 1.08 bits per heavy atom. The smallest absolute Gasteiger partial charge is 0.335 e. The molecule has 0 aromatic heterocycles. The number of benzene rings is 2. The number of imide groups is 1. The molecule has 3 fully saturated rings. The predicted molar refractivity (Wildman–Crippen MR) is 243 cm³/mol. The van der Waals surface area contributed by atoms with Crippen LogP contribution in [0.5, 0.6) is 5.75 Å². The van der Waals surface area contributed by atoms with E-state index in [2.05, 4.69) is 0 Å². The lowest BCUT2D eigenvalue weighted by Crippen LogP contribution is -2.53. The van der Waals surface area contributed by atoms with Crippen LogP contribution in [0, 0.1) is 5.92 Å². The summed E-state index contributed by atoms with van der Waals surface area (Å²) >= 11 is 7.92. The Hall–Kier alpha value is -5.27. The van der Waals surface area contributed by atoms with Crippen molar-refractivity contribution in [2.24, 2.45) is 5.92 Å². The number of carbonyl (C=O) groups excluding carboxylic acids is 6. The summed E-state index contributed by atoms with van der Waals surface area (Å²) in [6.45, 7) is 6.86. The maximum absolute atomic E-state index is 14.3. The highest BCUT2D eigenvalue weighted by molar-refractivity contribution is 8.00. The van der Waals surface area contributed by atoms with Crippen molar-refractivity contribution in [2.75, 3.05) is 43.9 Å². The van der Waals surface area contributed by atoms with E-state index in [1.54, 1.807) is 45.2 Å². The van der Waals surface area contributed by atoms with Crippen LogP contribution in [-0.2, 0) is 54.1 Å². The highest BCUT2D eigenvalue weighted by atomic mass is 35.5. The van der Waals surface area contributed by atoms with Gasteiger partial charge in [-0.05, 0) is 69.2 Å². The number of aliphatic hydroxyl groups is 1. The fraction of sp³-hybridized carbons (Fsp3) is 0.511. The van der Waals surface area contributed by atoms with Crippen molar-refractivity contribution >= 4 is 76.3 Å². The van der Waals surface area contributed by atoms with E-state index < -0.39 is 94.4 Å². The fourth-order valence-corrected chi connectivity index (χ4v) is 10.1. The van der Waals surface area contributed by atoms with Gasteiger partial charge in [0.1, 0.15) is 46.3 Å². The summed E-state index contributed by atoms with van der Waals surface area (Å²) in [5.74, 6) is -4.58. The first-order valence-corrected chi connectivity index (χ1v) is 22.9. The maximum Gasteiger partial charge on any atom is 0.335 e. The molecule has 0 radical (unpaired) electrons. The number of likely N-dealkylation sites (N-methyl/N-ethyl adjacent to an activating group) is 1. The van der Waals surface area contributed by atoms with Crippen LogP contribution >= 0.6 is 23.4 Å². The molecule has 17 nitrogen and oxygen atoms in total. The molecule has 4 aliphatic rings. The number of esters is 2. The first kappa shape index (κ1) is 50.1. The molecule has 3 saturated heterocycles. The van der Waals surface area contributed by atoms with Gasteiger partial charge in [-0.3, -0.25) is 24.0 Å². The third-order valence-electron chi connectivity index (χ3n) is 12.9. The SMILES string of the molecule is COc1cc2cc(c1Cl)N(C)C(=O)C[C@H](OC(=O)[C@H](C)N(C)C(=O)CCSC1CC(=O)N(c3ccc(C(=O)O)cc3)C1=O)[C@@]1(C)O[C@H]1[C@H](C)[C@@H]1C[C@@](O)(CC(=O)O1)[C@H](OC)/C=C/C=C(\C)C2. The average molecular weight is 954 g/mol. The van der Waals surface area contributed by atoms with E-state index in [1.165, 1.54) is 62.3 Å². The zero-order valence-electron chi connectivity index (χ0n) is 38.1. The van der Waals surface area contributed by atoms with Crippen LogP contribution in [0.25, 0.3) is 0 Å². The Balaban J connectivity index is 1.20. The summed E-state index contributed by atoms with van der Waals surface area (Å²) in [4.78, 5) is 95.7. The molecule has 2 N–H and O–H groups in total. The minimum absolute atomic E-state index is 0.00500. The minimum Gasteiger partial charge on any atom is -0.495 e. The second kappa shape index (κ2) is 20.3. The van der Waals surface area contributed by atoms with Crippen LogP contribution in [0.3, 0.4) is 0 Å². The molecule has 356 valence electrons. The van der Waals surface area contributed by atoms with Gasteiger partial charge in [0, 0.05) is 52.1 Å². The van der Waals surface area contributed by atoms with E-state index in [0.29, 0.717) is 17.9 Å². The highest BCUT2D eigenvalue weighted by Crippen LogP contribution is 2.50. The first-order valence-electron chi connectivity index (χ1n) is 21.5. The third-order valence-corrected chi connectivity index (χ3v) is 14.5. The van der Waals surface area contributed by atoms with Crippen LogP contribution in [-0.4, -0.2) is 138 Å². The number of carboxylic acid groups (broad SMARTS) is 1. The molecule has 0 saturated carbocycles. The molecule has 4 heterocycles. The van der Waals surface area contributed by atoms with Gasteiger partial charge in [0.15, 0.2) is 0 Å². The normalized spacial score (nSPS) is 29.8. The Morgan fingerprint density at radius 3 is 2.42 bits per heavy atom. The van der Waals surface area contributed by atoms with Gasteiger partial charge in [-0.2, -0.15) is 0 Å². The van der Waals surface area contributed by atoms with Crippen LogP contribution in [0.15, 0.2) is 60.2 Å². The lowest BCUT2D eigenvalue weighted by Gasteiger charge is -2.41. The Bertz CT molecular complexity index is 2320. The van der Waals surface area contributed by atoms with Crippen LogP contribution in [0.4, 0.5) is 11.4 Å². The summed E-state index contributed by atoms with van der Waals surface area (Å²) in [6, 6.07) is 7.76. The molecule has 66 heavy (non-hydrogen) atoms. The number of ether oxygens (including phenoxy) is 5. The molecule has 4 aliphatic heterocycles. The standard InChI is InChI=1S/C47H56ClN3O14S/c1-25-10-9-11-35(62-8)47(60)23-33(63-40(55)24-47)26(2)42-46(4,65-42)36(22-38(53)50(6)31-19-28(18-25)20-32(61-7)41(31)48)64-45(59)27(3)49(5)37(52)16-17-66-34-21-39(54)51(43(34)56)30-14-12-29(13-15-30)44(57)58/h9-15,19-20,26-27,33-36,42,60H,16-18,21-24H2,1-8H3,(H,57,58)/b11-9+,25-10+/t26-,27+,33+,34?,35-,36+,42+,46-,47-/m1/s1. The zero-order chi connectivity index (χ0) is 48.4.